The van der Waals surface area contributed by atoms with Crippen molar-refractivity contribution < 1.29 is 17.7 Å². The number of benzene rings is 1. The van der Waals surface area contributed by atoms with Gasteiger partial charge in [-0.05, 0) is 5.12 Å². The minimum atomic E-state index is -3.85. The molecule has 0 saturated carbocycles. The van der Waals surface area contributed by atoms with E-state index >= 15 is 0 Å². The topological polar surface area (TPSA) is 3.24 Å². The van der Waals surface area contributed by atoms with Gasteiger partial charge in [0, 0.05) is 11.1 Å². The standard InChI is InChI=1S/C8H5F4N/c9-7-5-3-1-2-4-6(5)8(10,11)13(7)12/h1-4,7H. The fourth-order valence-electron chi connectivity index (χ4n) is 1.36. The van der Waals surface area contributed by atoms with E-state index in [-0.39, 0.29) is 5.56 Å². The molecule has 1 aromatic carbocycles. The zero-order chi connectivity index (χ0) is 9.64. The summed E-state index contributed by atoms with van der Waals surface area (Å²) in [6.07, 6.45) is -2.37. The van der Waals surface area contributed by atoms with Crippen molar-refractivity contribution in [3.05, 3.63) is 35.4 Å². The van der Waals surface area contributed by atoms with Gasteiger partial charge in [0.05, 0.1) is 0 Å². The van der Waals surface area contributed by atoms with Gasteiger partial charge in [-0.1, -0.05) is 24.3 Å². The van der Waals surface area contributed by atoms with Crippen LogP contribution in [0.3, 0.4) is 0 Å². The molecule has 1 heterocycles. The van der Waals surface area contributed by atoms with Gasteiger partial charge < -0.3 is 0 Å². The third kappa shape index (κ3) is 0.966. The molecule has 0 saturated heterocycles. The van der Waals surface area contributed by atoms with Crippen molar-refractivity contribution in [2.45, 2.75) is 12.3 Å². The summed E-state index contributed by atoms with van der Waals surface area (Å²) >= 11 is 0. The third-order valence-electron chi connectivity index (χ3n) is 2.01. The molecule has 0 amide bonds. The number of alkyl halides is 3. The molecule has 0 bridgehead atoms. The van der Waals surface area contributed by atoms with Crippen LogP contribution in [0.5, 0.6) is 0 Å². The predicted molar refractivity (Wildman–Crippen MR) is 37.1 cm³/mol. The van der Waals surface area contributed by atoms with Crippen LogP contribution in [0.2, 0.25) is 0 Å². The number of halogens is 4. The lowest BCUT2D eigenvalue weighted by molar-refractivity contribution is -0.271. The molecule has 0 N–H and O–H groups in total. The monoisotopic (exact) mass is 191 g/mol. The second-order valence-corrected chi connectivity index (χ2v) is 2.78. The second kappa shape index (κ2) is 2.45. The van der Waals surface area contributed by atoms with E-state index in [4.69, 9.17) is 0 Å². The van der Waals surface area contributed by atoms with Gasteiger partial charge in [0.1, 0.15) is 0 Å². The van der Waals surface area contributed by atoms with Crippen LogP contribution in [0, 0.1) is 0 Å². The first-order valence-corrected chi connectivity index (χ1v) is 3.61. The van der Waals surface area contributed by atoms with Crippen LogP contribution in [0.15, 0.2) is 24.3 Å². The molecule has 0 aliphatic carbocycles. The van der Waals surface area contributed by atoms with Gasteiger partial charge in [-0.2, -0.15) is 8.78 Å². The quantitative estimate of drug-likeness (QED) is 0.346. The van der Waals surface area contributed by atoms with Crippen LogP contribution in [-0.2, 0) is 6.05 Å². The van der Waals surface area contributed by atoms with E-state index in [1.165, 1.54) is 12.1 Å². The van der Waals surface area contributed by atoms with E-state index in [1.807, 2.05) is 0 Å². The van der Waals surface area contributed by atoms with Crippen LogP contribution >= 0.6 is 0 Å². The van der Waals surface area contributed by atoms with Crippen molar-refractivity contribution in [3.63, 3.8) is 0 Å². The maximum absolute atomic E-state index is 12.9. The first-order chi connectivity index (χ1) is 6.05. The van der Waals surface area contributed by atoms with Crippen molar-refractivity contribution in [1.82, 2.24) is 5.12 Å². The first kappa shape index (κ1) is 8.50. The third-order valence-corrected chi connectivity index (χ3v) is 2.01. The Labute approximate surface area is 71.5 Å². The molecular weight excluding hydrogens is 186 g/mol. The Morgan fingerprint density at radius 3 is 2.46 bits per heavy atom. The summed E-state index contributed by atoms with van der Waals surface area (Å²) in [5, 5.41) is -1.07. The van der Waals surface area contributed by atoms with Gasteiger partial charge in [0.15, 0.2) is 0 Å². The van der Waals surface area contributed by atoms with E-state index in [0.29, 0.717) is 0 Å². The molecule has 2 rings (SSSR count). The van der Waals surface area contributed by atoms with Crippen LogP contribution < -0.4 is 0 Å². The van der Waals surface area contributed by atoms with E-state index < -0.39 is 23.0 Å². The molecule has 70 valence electrons. The SMILES string of the molecule is FC1c2ccccc2C(F)(F)N1F. The van der Waals surface area contributed by atoms with Gasteiger partial charge in [-0.25, -0.2) is 4.39 Å². The molecule has 1 unspecified atom stereocenters. The maximum Gasteiger partial charge on any atom is 0.360 e. The number of rotatable bonds is 0. The van der Waals surface area contributed by atoms with Crippen LogP contribution in [0.25, 0.3) is 0 Å². The van der Waals surface area contributed by atoms with Gasteiger partial charge >= 0.3 is 6.05 Å². The summed E-state index contributed by atoms with van der Waals surface area (Å²) in [6, 6.07) is 1.02. The second-order valence-electron chi connectivity index (χ2n) is 2.78. The van der Waals surface area contributed by atoms with Gasteiger partial charge in [0.2, 0.25) is 6.30 Å². The molecule has 5 heteroatoms. The smallest absolute Gasteiger partial charge is 0.222 e. The van der Waals surface area contributed by atoms with Crippen molar-refractivity contribution in [2.75, 3.05) is 0 Å². The Morgan fingerprint density at radius 2 is 1.85 bits per heavy atom. The lowest BCUT2D eigenvalue weighted by Gasteiger charge is -2.15. The van der Waals surface area contributed by atoms with E-state index in [2.05, 4.69) is 0 Å². The number of hydrogen-bond donors (Lipinski definition) is 0. The fraction of sp³-hybridized carbons (Fsp3) is 0.250. The maximum atomic E-state index is 12.9. The normalized spacial score (nSPS) is 26.0. The number of hydrogen-bond acceptors (Lipinski definition) is 1. The molecular formula is C8H5F4N. The highest BCUT2D eigenvalue weighted by molar-refractivity contribution is 5.35. The van der Waals surface area contributed by atoms with Crippen molar-refractivity contribution >= 4 is 0 Å². The van der Waals surface area contributed by atoms with Crippen LogP contribution in [0.1, 0.15) is 17.4 Å². The molecule has 0 radical (unpaired) electrons. The summed E-state index contributed by atoms with van der Waals surface area (Å²) in [7, 11) is 0. The largest absolute Gasteiger partial charge is 0.360 e. The lowest BCUT2D eigenvalue weighted by Crippen LogP contribution is -2.26. The molecule has 0 fully saturated rings. The summed E-state index contributed by atoms with van der Waals surface area (Å²) in [4.78, 5) is 0. The molecule has 0 spiro atoms. The van der Waals surface area contributed by atoms with Gasteiger partial charge in [-0.3, -0.25) is 0 Å². The predicted octanol–water partition coefficient (Wildman–Crippen LogP) is 2.90. The number of nitrogens with zero attached hydrogens (tertiary/aromatic N) is 1. The molecule has 0 aromatic heterocycles. The van der Waals surface area contributed by atoms with Crippen molar-refractivity contribution in [1.29, 1.82) is 0 Å². The van der Waals surface area contributed by atoms with Crippen molar-refractivity contribution in [2.24, 2.45) is 0 Å². The molecule has 1 aromatic rings. The average Bonchev–Trinajstić information content (AvgIpc) is 2.30. The van der Waals surface area contributed by atoms with Crippen molar-refractivity contribution in [3.8, 4) is 0 Å². The highest BCUT2D eigenvalue weighted by atomic mass is 19.3. The molecule has 1 nitrogen and oxygen atoms in total. The molecule has 13 heavy (non-hydrogen) atoms. The van der Waals surface area contributed by atoms with Gasteiger partial charge in [0.25, 0.3) is 0 Å². The number of fused-ring (bicyclic) bond motifs is 1. The Balaban J connectivity index is 2.61. The zero-order valence-electron chi connectivity index (χ0n) is 6.35. The fourth-order valence-corrected chi connectivity index (χ4v) is 1.36. The highest BCUT2D eigenvalue weighted by Gasteiger charge is 2.53. The Hall–Kier alpha value is -1.10. The lowest BCUT2D eigenvalue weighted by atomic mass is 10.1. The van der Waals surface area contributed by atoms with Crippen LogP contribution in [-0.4, -0.2) is 5.12 Å². The molecule has 1 atom stereocenters. The van der Waals surface area contributed by atoms with Crippen LogP contribution in [0.4, 0.5) is 17.7 Å². The van der Waals surface area contributed by atoms with E-state index in [9.17, 15) is 17.7 Å². The van der Waals surface area contributed by atoms with E-state index in [0.717, 1.165) is 12.1 Å². The average molecular weight is 191 g/mol. The summed E-state index contributed by atoms with van der Waals surface area (Å²) < 4.78 is 51.3. The van der Waals surface area contributed by atoms with Gasteiger partial charge in [-0.15, -0.1) is 4.48 Å². The Morgan fingerprint density at radius 1 is 1.23 bits per heavy atom. The Kier molecular flexibility index (Phi) is 1.60. The molecule has 1 aliphatic heterocycles. The zero-order valence-corrected chi connectivity index (χ0v) is 6.35. The summed E-state index contributed by atoms with van der Waals surface area (Å²) in [6.45, 7) is 0. The Bertz CT molecular complexity index is 339. The highest BCUT2D eigenvalue weighted by Crippen LogP contribution is 2.48. The summed E-state index contributed by atoms with van der Waals surface area (Å²) in [5.41, 5.74) is -0.917. The minimum Gasteiger partial charge on any atom is -0.222 e. The minimum absolute atomic E-state index is 0.310. The molecule has 1 aliphatic rings. The summed E-state index contributed by atoms with van der Waals surface area (Å²) in [5.74, 6) is 0. The first-order valence-electron chi connectivity index (χ1n) is 3.61. The van der Waals surface area contributed by atoms with E-state index in [1.54, 1.807) is 0 Å².